The van der Waals surface area contributed by atoms with Gasteiger partial charge in [0.25, 0.3) is 5.91 Å². The summed E-state index contributed by atoms with van der Waals surface area (Å²) in [5.41, 5.74) is 4.42. The van der Waals surface area contributed by atoms with Crippen molar-refractivity contribution in [2.75, 3.05) is 44.2 Å². The molecule has 168 valence electrons. The number of amides is 1. The molecule has 5 nitrogen and oxygen atoms in total. The fraction of sp³-hybridized carbons (Fsp3) is 0.360. The molecule has 0 saturated carbocycles. The number of aromatic nitrogens is 1. The van der Waals surface area contributed by atoms with Crippen LogP contribution in [-0.4, -0.2) is 55.1 Å². The van der Waals surface area contributed by atoms with Crippen molar-refractivity contribution in [3.8, 4) is 0 Å². The van der Waals surface area contributed by atoms with Crippen molar-refractivity contribution in [3.05, 3.63) is 75.7 Å². The average molecular weight is 467 g/mol. The third-order valence-corrected chi connectivity index (χ3v) is 7.56. The molecule has 0 aliphatic carbocycles. The molecular weight excluding hydrogens is 436 g/mol. The highest BCUT2D eigenvalue weighted by molar-refractivity contribution is 7.98. The Balaban J connectivity index is 1.23. The number of hydrogen-bond donors (Lipinski definition) is 1. The van der Waals surface area contributed by atoms with E-state index in [1.165, 1.54) is 11.3 Å². The second-order valence-electron chi connectivity index (χ2n) is 8.07. The average Bonchev–Trinajstić information content (AvgIpc) is 3.23. The highest BCUT2D eigenvalue weighted by Gasteiger charge is 2.18. The van der Waals surface area contributed by atoms with Gasteiger partial charge in [0.05, 0.1) is 16.3 Å². The smallest absolute Gasteiger partial charge is 0.252 e. The quantitative estimate of drug-likeness (QED) is 0.492. The molecule has 0 spiro atoms. The first-order valence-electron chi connectivity index (χ1n) is 11.0. The molecule has 7 heteroatoms. The summed E-state index contributed by atoms with van der Waals surface area (Å²) in [6.07, 6.45) is 0. The van der Waals surface area contributed by atoms with Crippen molar-refractivity contribution < 1.29 is 4.79 Å². The van der Waals surface area contributed by atoms with Crippen molar-refractivity contribution in [1.82, 2.24) is 15.2 Å². The summed E-state index contributed by atoms with van der Waals surface area (Å²) >= 11 is 3.33. The Bertz CT molecular complexity index is 1040. The maximum absolute atomic E-state index is 12.8. The molecule has 2 heterocycles. The lowest BCUT2D eigenvalue weighted by molar-refractivity contribution is 0.0945. The van der Waals surface area contributed by atoms with Gasteiger partial charge in [-0.1, -0.05) is 24.3 Å². The molecule has 0 atom stereocenters. The van der Waals surface area contributed by atoms with Crippen LogP contribution in [0, 0.1) is 13.8 Å². The van der Waals surface area contributed by atoms with E-state index in [1.54, 1.807) is 23.1 Å². The Morgan fingerprint density at radius 2 is 1.91 bits per heavy atom. The lowest BCUT2D eigenvalue weighted by atomic mass is 10.2. The maximum atomic E-state index is 12.8. The number of thioether (sulfide) groups is 1. The van der Waals surface area contributed by atoms with E-state index < -0.39 is 0 Å². The fourth-order valence-electron chi connectivity index (χ4n) is 3.88. The molecule has 1 aliphatic heterocycles. The van der Waals surface area contributed by atoms with Gasteiger partial charge in [-0.3, -0.25) is 9.69 Å². The normalized spacial score (nSPS) is 14.5. The Labute approximate surface area is 198 Å². The number of piperazine rings is 1. The zero-order chi connectivity index (χ0) is 22.3. The first-order chi connectivity index (χ1) is 15.6. The van der Waals surface area contributed by atoms with Crippen molar-refractivity contribution in [2.45, 2.75) is 24.5 Å². The number of hydrogen-bond acceptors (Lipinski definition) is 6. The van der Waals surface area contributed by atoms with Crippen molar-refractivity contribution >= 4 is 34.7 Å². The summed E-state index contributed by atoms with van der Waals surface area (Å²) in [6.45, 7) is 9.77. The molecule has 1 saturated heterocycles. The van der Waals surface area contributed by atoms with Crippen LogP contribution in [-0.2, 0) is 5.75 Å². The second-order valence-corrected chi connectivity index (χ2v) is 10.1. The van der Waals surface area contributed by atoms with Crippen LogP contribution in [0.5, 0.6) is 0 Å². The molecule has 1 fully saturated rings. The van der Waals surface area contributed by atoms with Gasteiger partial charge < -0.3 is 10.2 Å². The van der Waals surface area contributed by atoms with E-state index in [9.17, 15) is 4.79 Å². The summed E-state index contributed by atoms with van der Waals surface area (Å²) in [5, 5.41) is 6.28. The zero-order valence-corrected chi connectivity index (χ0v) is 20.3. The number of benzene rings is 2. The first-order valence-corrected chi connectivity index (χ1v) is 12.9. The maximum Gasteiger partial charge on any atom is 0.252 e. The second kappa shape index (κ2) is 11.0. The molecule has 1 aliphatic rings. The number of thiazole rings is 1. The predicted octanol–water partition coefficient (Wildman–Crippen LogP) is 4.60. The monoisotopic (exact) mass is 466 g/mol. The van der Waals surface area contributed by atoms with Crippen LogP contribution in [0.4, 0.5) is 5.69 Å². The van der Waals surface area contributed by atoms with Gasteiger partial charge in [-0.25, -0.2) is 4.98 Å². The highest BCUT2D eigenvalue weighted by atomic mass is 32.2. The fourth-order valence-corrected chi connectivity index (χ4v) is 5.54. The molecule has 1 aromatic heterocycles. The molecule has 32 heavy (non-hydrogen) atoms. The van der Waals surface area contributed by atoms with Crippen LogP contribution in [0.3, 0.4) is 0 Å². The van der Waals surface area contributed by atoms with E-state index in [4.69, 9.17) is 0 Å². The van der Waals surface area contributed by atoms with Crippen molar-refractivity contribution in [1.29, 1.82) is 0 Å². The molecule has 2 aromatic carbocycles. The van der Waals surface area contributed by atoms with Gasteiger partial charge in [0.1, 0.15) is 0 Å². The largest absolute Gasteiger partial charge is 0.369 e. The Morgan fingerprint density at radius 3 is 2.66 bits per heavy atom. The van der Waals surface area contributed by atoms with E-state index in [2.05, 4.69) is 56.7 Å². The van der Waals surface area contributed by atoms with Crippen LogP contribution >= 0.6 is 23.1 Å². The number of nitrogens with zero attached hydrogens (tertiary/aromatic N) is 3. The van der Waals surface area contributed by atoms with Crippen LogP contribution in [0.2, 0.25) is 0 Å². The van der Waals surface area contributed by atoms with Crippen molar-refractivity contribution in [2.24, 2.45) is 0 Å². The molecule has 0 bridgehead atoms. The molecule has 1 N–H and O–H groups in total. The number of anilines is 1. The van der Waals surface area contributed by atoms with Crippen LogP contribution in [0.15, 0.2) is 58.8 Å². The zero-order valence-electron chi connectivity index (χ0n) is 18.7. The van der Waals surface area contributed by atoms with Crippen LogP contribution in [0.1, 0.15) is 26.6 Å². The molecular formula is C25H30N4OS2. The van der Waals surface area contributed by atoms with E-state index in [1.807, 2.05) is 31.2 Å². The summed E-state index contributed by atoms with van der Waals surface area (Å²) in [4.78, 5) is 23.2. The third-order valence-electron chi connectivity index (χ3n) is 5.63. The SMILES string of the molecule is Cc1cccc(N2CCN(CCNC(=O)c3ccccc3SCc3csc(C)n3)CC2)c1. The summed E-state index contributed by atoms with van der Waals surface area (Å²) < 4.78 is 0. The van der Waals surface area contributed by atoms with E-state index in [0.717, 1.165) is 59.6 Å². The van der Waals surface area contributed by atoms with Gasteiger partial charge in [-0.2, -0.15) is 0 Å². The van der Waals surface area contributed by atoms with Crippen molar-refractivity contribution in [3.63, 3.8) is 0 Å². The standard InChI is InChI=1S/C25H30N4OS2/c1-19-6-5-7-22(16-19)29-14-12-28(13-15-29)11-10-26-25(30)23-8-3-4-9-24(23)32-18-21-17-31-20(2)27-21/h3-9,16-17H,10-15,18H2,1-2H3,(H,26,30). The van der Waals surface area contributed by atoms with Crippen LogP contribution in [0.25, 0.3) is 0 Å². The predicted molar refractivity (Wildman–Crippen MR) is 135 cm³/mol. The van der Waals surface area contributed by atoms with Gasteiger partial charge in [-0.05, 0) is 43.7 Å². The van der Waals surface area contributed by atoms with E-state index >= 15 is 0 Å². The van der Waals surface area contributed by atoms with Gasteiger partial charge in [0.2, 0.25) is 0 Å². The Morgan fingerprint density at radius 1 is 1.09 bits per heavy atom. The molecule has 1 amide bonds. The number of aryl methyl sites for hydroxylation is 2. The minimum absolute atomic E-state index is 0.000884. The van der Waals surface area contributed by atoms with Gasteiger partial charge in [0.15, 0.2) is 0 Å². The minimum atomic E-state index is 0.000884. The highest BCUT2D eigenvalue weighted by Crippen LogP contribution is 2.27. The Kier molecular flexibility index (Phi) is 7.84. The topological polar surface area (TPSA) is 48.5 Å². The molecule has 3 aromatic rings. The van der Waals surface area contributed by atoms with E-state index in [-0.39, 0.29) is 5.91 Å². The van der Waals surface area contributed by atoms with Gasteiger partial charge in [0, 0.05) is 61.0 Å². The lowest BCUT2D eigenvalue weighted by Crippen LogP contribution is -2.48. The third kappa shape index (κ3) is 6.12. The number of carbonyl (C=O) groups excluding carboxylic acids is 1. The minimum Gasteiger partial charge on any atom is -0.369 e. The van der Waals surface area contributed by atoms with Gasteiger partial charge >= 0.3 is 0 Å². The Hall–Kier alpha value is -2.35. The molecule has 0 unspecified atom stereocenters. The number of rotatable bonds is 8. The number of carbonyl (C=O) groups is 1. The van der Waals surface area contributed by atoms with Crippen LogP contribution < -0.4 is 10.2 Å². The summed E-state index contributed by atoms with van der Waals surface area (Å²) in [5.74, 6) is 0.779. The summed E-state index contributed by atoms with van der Waals surface area (Å²) in [7, 11) is 0. The van der Waals surface area contributed by atoms with E-state index in [0.29, 0.717) is 6.54 Å². The summed E-state index contributed by atoms with van der Waals surface area (Å²) in [6, 6.07) is 16.5. The number of nitrogens with one attached hydrogen (secondary N) is 1. The molecule has 4 rings (SSSR count). The van der Waals surface area contributed by atoms with Gasteiger partial charge in [-0.15, -0.1) is 23.1 Å². The molecule has 0 radical (unpaired) electrons. The first kappa shape index (κ1) is 22.8. The lowest BCUT2D eigenvalue weighted by Gasteiger charge is -2.36.